The molecule has 0 aromatic rings. The second kappa shape index (κ2) is 4.54. The van der Waals surface area contributed by atoms with E-state index < -0.39 is 10.0 Å². The molecule has 3 atom stereocenters. The Bertz CT molecular complexity index is 373. The molecule has 98 valence electrons. The van der Waals surface area contributed by atoms with Crippen molar-refractivity contribution in [3.05, 3.63) is 0 Å². The van der Waals surface area contributed by atoms with E-state index >= 15 is 0 Å². The normalized spacial score (nSPS) is 38.0. The van der Waals surface area contributed by atoms with E-state index in [4.69, 9.17) is 0 Å². The quantitative estimate of drug-likeness (QED) is 0.840. The third kappa shape index (κ3) is 2.39. The molecule has 0 spiro atoms. The van der Waals surface area contributed by atoms with E-state index in [1.165, 1.54) is 25.7 Å². The third-order valence-corrected chi connectivity index (χ3v) is 7.09. The van der Waals surface area contributed by atoms with Crippen LogP contribution in [0.25, 0.3) is 0 Å². The van der Waals surface area contributed by atoms with Gasteiger partial charge in [-0.05, 0) is 49.9 Å². The Morgan fingerprint density at radius 1 is 1.00 bits per heavy atom. The van der Waals surface area contributed by atoms with Crippen LogP contribution in [0.3, 0.4) is 0 Å². The first-order valence-electron chi connectivity index (χ1n) is 7.13. The molecule has 0 aliphatic heterocycles. The summed E-state index contributed by atoms with van der Waals surface area (Å²) >= 11 is 0. The molecule has 0 aromatic heterocycles. The molecule has 3 nitrogen and oxygen atoms in total. The minimum Gasteiger partial charge on any atom is -0.215 e. The zero-order chi connectivity index (χ0) is 11.9. The summed E-state index contributed by atoms with van der Waals surface area (Å²) in [4.78, 5) is 0. The van der Waals surface area contributed by atoms with Crippen molar-refractivity contribution in [2.75, 3.05) is 6.54 Å². The average molecular weight is 257 g/mol. The van der Waals surface area contributed by atoms with Gasteiger partial charge in [-0.15, -0.1) is 0 Å². The van der Waals surface area contributed by atoms with Crippen molar-refractivity contribution in [3.63, 3.8) is 0 Å². The van der Waals surface area contributed by atoms with Crippen LogP contribution in [0.1, 0.15) is 51.4 Å². The third-order valence-electron chi connectivity index (χ3n) is 5.17. The molecule has 3 fully saturated rings. The highest BCUT2D eigenvalue weighted by atomic mass is 32.2. The average Bonchev–Trinajstić information content (AvgIpc) is 3.02. The molecule has 3 rings (SSSR count). The van der Waals surface area contributed by atoms with E-state index in [0.717, 1.165) is 37.5 Å². The lowest BCUT2D eigenvalue weighted by Crippen LogP contribution is -2.37. The number of nitrogens with one attached hydrogen (secondary N) is 1. The molecule has 0 heterocycles. The standard InChI is InChI=1S/C13H23NO2S/c15-17(16,13-3-1-2-4-13)14-9-12-8-10-5-6-11(12)7-10/h10-14H,1-9H2/t10-,11-,12-/m0/s1. The second-order valence-corrected chi connectivity index (χ2v) is 8.28. The van der Waals surface area contributed by atoms with E-state index in [2.05, 4.69) is 4.72 Å². The second-order valence-electron chi connectivity index (χ2n) is 6.23. The zero-order valence-corrected chi connectivity index (χ0v) is 11.2. The van der Waals surface area contributed by atoms with Gasteiger partial charge in [-0.25, -0.2) is 13.1 Å². The fourth-order valence-electron chi connectivity index (χ4n) is 4.17. The first kappa shape index (κ1) is 12.0. The molecule has 3 saturated carbocycles. The molecule has 17 heavy (non-hydrogen) atoms. The summed E-state index contributed by atoms with van der Waals surface area (Å²) in [5.74, 6) is 2.34. The van der Waals surface area contributed by atoms with Crippen molar-refractivity contribution < 1.29 is 8.42 Å². The highest BCUT2D eigenvalue weighted by Gasteiger charge is 2.40. The zero-order valence-electron chi connectivity index (χ0n) is 10.4. The van der Waals surface area contributed by atoms with Crippen LogP contribution in [-0.4, -0.2) is 20.2 Å². The number of sulfonamides is 1. The summed E-state index contributed by atoms with van der Waals surface area (Å²) in [6, 6.07) is 0. The molecule has 1 N–H and O–H groups in total. The van der Waals surface area contributed by atoms with Gasteiger partial charge in [0.25, 0.3) is 0 Å². The Hall–Kier alpha value is -0.0900. The predicted octanol–water partition coefficient (Wildman–Crippen LogP) is 2.28. The number of hydrogen-bond donors (Lipinski definition) is 1. The highest BCUT2D eigenvalue weighted by molar-refractivity contribution is 7.90. The number of hydrogen-bond acceptors (Lipinski definition) is 2. The van der Waals surface area contributed by atoms with Gasteiger partial charge in [0.2, 0.25) is 10.0 Å². The Balaban J connectivity index is 1.53. The van der Waals surface area contributed by atoms with Crippen molar-refractivity contribution >= 4 is 10.0 Å². The molecular weight excluding hydrogens is 234 g/mol. The smallest absolute Gasteiger partial charge is 0.214 e. The molecule has 0 saturated heterocycles. The maximum atomic E-state index is 12.1. The topological polar surface area (TPSA) is 46.2 Å². The molecule has 4 heteroatoms. The summed E-state index contributed by atoms with van der Waals surface area (Å²) < 4.78 is 27.1. The van der Waals surface area contributed by atoms with Crippen molar-refractivity contribution in [2.24, 2.45) is 17.8 Å². The van der Waals surface area contributed by atoms with Crippen LogP contribution in [0.5, 0.6) is 0 Å². The Morgan fingerprint density at radius 2 is 1.76 bits per heavy atom. The molecule has 0 aromatic carbocycles. The molecule has 3 aliphatic carbocycles. The van der Waals surface area contributed by atoms with Crippen LogP contribution in [0.2, 0.25) is 0 Å². The minimum atomic E-state index is -3.01. The van der Waals surface area contributed by atoms with Gasteiger partial charge in [0, 0.05) is 6.54 Å². The van der Waals surface area contributed by atoms with E-state index in [0.29, 0.717) is 12.5 Å². The van der Waals surface area contributed by atoms with E-state index in [-0.39, 0.29) is 5.25 Å². The van der Waals surface area contributed by atoms with Crippen molar-refractivity contribution in [2.45, 2.75) is 56.6 Å². The Morgan fingerprint density at radius 3 is 2.35 bits per heavy atom. The van der Waals surface area contributed by atoms with E-state index in [1.54, 1.807) is 0 Å². The molecule has 0 radical (unpaired) electrons. The largest absolute Gasteiger partial charge is 0.215 e. The fraction of sp³-hybridized carbons (Fsp3) is 1.00. The van der Waals surface area contributed by atoms with Crippen LogP contribution in [0.15, 0.2) is 0 Å². The molecule has 2 bridgehead atoms. The van der Waals surface area contributed by atoms with Gasteiger partial charge in [-0.1, -0.05) is 19.3 Å². The molecule has 0 unspecified atom stereocenters. The number of rotatable bonds is 4. The summed E-state index contributed by atoms with van der Waals surface area (Å²) in [5, 5.41) is -0.0962. The van der Waals surface area contributed by atoms with E-state index in [1.807, 2.05) is 0 Å². The van der Waals surface area contributed by atoms with Gasteiger partial charge >= 0.3 is 0 Å². The van der Waals surface area contributed by atoms with Crippen LogP contribution in [0, 0.1) is 17.8 Å². The van der Waals surface area contributed by atoms with E-state index in [9.17, 15) is 8.42 Å². The minimum absolute atomic E-state index is 0.0962. The van der Waals surface area contributed by atoms with Crippen LogP contribution in [0.4, 0.5) is 0 Å². The SMILES string of the molecule is O=S(=O)(NC[C@@H]1C[C@H]2CC[C@H]1C2)C1CCCC1. The molecular formula is C13H23NO2S. The number of fused-ring (bicyclic) bond motifs is 2. The van der Waals surface area contributed by atoms with Crippen molar-refractivity contribution in [3.8, 4) is 0 Å². The van der Waals surface area contributed by atoms with Crippen molar-refractivity contribution in [1.29, 1.82) is 0 Å². The first-order chi connectivity index (χ1) is 8.15. The fourth-order valence-corrected chi connectivity index (χ4v) is 5.80. The van der Waals surface area contributed by atoms with Crippen molar-refractivity contribution in [1.82, 2.24) is 4.72 Å². The van der Waals surface area contributed by atoms with Gasteiger partial charge in [-0.2, -0.15) is 0 Å². The predicted molar refractivity (Wildman–Crippen MR) is 68.1 cm³/mol. The van der Waals surface area contributed by atoms with Crippen LogP contribution < -0.4 is 4.72 Å². The molecule has 0 amide bonds. The highest BCUT2D eigenvalue weighted by Crippen LogP contribution is 2.48. The summed E-state index contributed by atoms with van der Waals surface area (Å²) in [5.41, 5.74) is 0. The summed E-state index contributed by atoms with van der Waals surface area (Å²) in [6.45, 7) is 0.708. The van der Waals surface area contributed by atoms with Gasteiger partial charge < -0.3 is 0 Å². The maximum Gasteiger partial charge on any atom is 0.214 e. The lowest BCUT2D eigenvalue weighted by atomic mass is 9.89. The van der Waals surface area contributed by atoms with Gasteiger partial charge in [0.15, 0.2) is 0 Å². The Labute approximate surface area is 104 Å². The lowest BCUT2D eigenvalue weighted by Gasteiger charge is -2.22. The maximum absolute atomic E-state index is 12.1. The first-order valence-corrected chi connectivity index (χ1v) is 8.68. The Kier molecular flexibility index (Phi) is 3.20. The van der Waals surface area contributed by atoms with Crippen LogP contribution in [-0.2, 0) is 10.0 Å². The van der Waals surface area contributed by atoms with Gasteiger partial charge in [0.1, 0.15) is 0 Å². The van der Waals surface area contributed by atoms with Gasteiger partial charge in [0.05, 0.1) is 5.25 Å². The monoisotopic (exact) mass is 257 g/mol. The molecule has 3 aliphatic rings. The summed E-state index contributed by atoms with van der Waals surface area (Å²) in [7, 11) is -3.01. The van der Waals surface area contributed by atoms with Crippen LogP contribution >= 0.6 is 0 Å². The lowest BCUT2D eigenvalue weighted by molar-refractivity contribution is 0.332. The summed E-state index contributed by atoms with van der Waals surface area (Å²) in [6.07, 6.45) is 9.24. The van der Waals surface area contributed by atoms with Gasteiger partial charge in [-0.3, -0.25) is 0 Å².